The second-order valence-corrected chi connectivity index (χ2v) is 7.92. The van der Waals surface area contributed by atoms with E-state index in [1.54, 1.807) is 13.8 Å². The van der Waals surface area contributed by atoms with Gasteiger partial charge in [-0.2, -0.15) is 0 Å². The molecule has 2 saturated heterocycles. The summed E-state index contributed by atoms with van der Waals surface area (Å²) in [5.74, 6) is -4.30. The molecule has 0 saturated carbocycles. The van der Waals surface area contributed by atoms with Gasteiger partial charge in [0.2, 0.25) is 0 Å². The van der Waals surface area contributed by atoms with Crippen LogP contribution in [0.15, 0.2) is 18.3 Å². The number of hydrogen-bond acceptors (Lipinski definition) is 7. The van der Waals surface area contributed by atoms with Crippen LogP contribution in [-0.4, -0.2) is 68.0 Å². The first-order chi connectivity index (χ1) is 14.1. The molecule has 4 rings (SSSR count). The Bertz CT molecular complexity index is 964. The summed E-state index contributed by atoms with van der Waals surface area (Å²) >= 11 is 5.51. The number of aliphatic hydroxyl groups is 1. The fraction of sp³-hybridized carbons (Fsp3) is 0.500. The fourth-order valence-corrected chi connectivity index (χ4v) is 3.74. The van der Waals surface area contributed by atoms with Crippen molar-refractivity contribution in [3.63, 3.8) is 0 Å². The lowest BCUT2D eigenvalue weighted by atomic mass is 9.91. The number of carbonyl (C=O) groups is 1. The average molecular weight is 446 g/mol. The van der Waals surface area contributed by atoms with Crippen LogP contribution in [0.25, 0.3) is 11.3 Å². The Labute approximate surface area is 174 Å². The van der Waals surface area contributed by atoms with E-state index in [-0.39, 0.29) is 17.9 Å². The summed E-state index contributed by atoms with van der Waals surface area (Å²) in [5.41, 5.74) is 0.166. The third-order valence-electron chi connectivity index (χ3n) is 5.04. The van der Waals surface area contributed by atoms with Gasteiger partial charge < -0.3 is 24.4 Å². The average Bonchev–Trinajstić information content (AvgIpc) is 3.14. The Morgan fingerprint density at radius 3 is 2.63 bits per heavy atom. The Balaban J connectivity index is 1.72. The molecule has 1 aromatic carbocycles. The van der Waals surface area contributed by atoms with Gasteiger partial charge in [0.25, 0.3) is 0 Å². The third-order valence-corrected chi connectivity index (χ3v) is 5.40. The molecule has 0 unspecified atom stereocenters. The Hall–Kier alpha value is -2.18. The highest BCUT2D eigenvalue weighted by atomic mass is 35.5. The third kappa shape index (κ3) is 3.67. The lowest BCUT2D eigenvalue weighted by molar-refractivity contribution is -0.346. The summed E-state index contributed by atoms with van der Waals surface area (Å²) in [4.78, 5) is 11.6. The number of aliphatic carboxylic acids is 1. The van der Waals surface area contributed by atoms with Crippen LogP contribution in [0.3, 0.4) is 0 Å². The molecule has 2 aliphatic heterocycles. The van der Waals surface area contributed by atoms with Crippen LogP contribution >= 0.6 is 11.6 Å². The van der Waals surface area contributed by atoms with Crippen LogP contribution in [0.4, 0.5) is 8.78 Å². The van der Waals surface area contributed by atoms with Gasteiger partial charge in [0.15, 0.2) is 11.9 Å². The summed E-state index contributed by atoms with van der Waals surface area (Å²) in [6, 6.07) is 0.991. The highest BCUT2D eigenvalue weighted by Gasteiger charge is 2.54. The smallest absolute Gasteiger partial charge is 0.335 e. The minimum atomic E-state index is -1.55. The minimum Gasteiger partial charge on any atom is -0.479 e. The molecule has 12 heteroatoms. The zero-order chi connectivity index (χ0) is 21.8. The number of aromatic nitrogens is 3. The normalized spacial score (nSPS) is 30.7. The highest BCUT2D eigenvalue weighted by Crippen LogP contribution is 2.38. The molecule has 0 spiro atoms. The van der Waals surface area contributed by atoms with E-state index in [2.05, 4.69) is 10.3 Å². The number of halogens is 3. The fourth-order valence-electron chi connectivity index (χ4n) is 3.63. The molecule has 1 aromatic heterocycles. The SMILES string of the molecule is CC1(C)OC[C@H]2O[C@@H](C(=O)O)[C@H](O)[C@@H](n3cc(-c4cc(F)c(Cl)c(F)c4)nn3)[C@H]2O1. The molecule has 30 heavy (non-hydrogen) atoms. The molecule has 0 bridgehead atoms. The van der Waals surface area contributed by atoms with Crippen molar-refractivity contribution in [2.45, 2.75) is 50.1 Å². The number of nitrogens with zero attached hydrogens (tertiary/aromatic N) is 3. The van der Waals surface area contributed by atoms with Crippen LogP contribution in [0.1, 0.15) is 19.9 Å². The molecule has 2 fully saturated rings. The van der Waals surface area contributed by atoms with Crippen molar-refractivity contribution in [1.29, 1.82) is 0 Å². The zero-order valence-corrected chi connectivity index (χ0v) is 16.6. The molecule has 2 aromatic rings. The maximum Gasteiger partial charge on any atom is 0.335 e. The summed E-state index contributed by atoms with van der Waals surface area (Å²) in [5, 5.41) is 27.3. The van der Waals surface area contributed by atoms with E-state index in [0.717, 1.165) is 12.1 Å². The van der Waals surface area contributed by atoms with Gasteiger partial charge in [-0.05, 0) is 26.0 Å². The van der Waals surface area contributed by atoms with Crippen LogP contribution in [0.5, 0.6) is 0 Å². The number of fused-ring (bicyclic) bond motifs is 1. The molecule has 0 radical (unpaired) electrons. The van der Waals surface area contributed by atoms with E-state index >= 15 is 0 Å². The lowest BCUT2D eigenvalue weighted by Crippen LogP contribution is -2.63. The van der Waals surface area contributed by atoms with E-state index in [1.165, 1.54) is 10.9 Å². The molecule has 3 heterocycles. The van der Waals surface area contributed by atoms with E-state index in [4.69, 9.17) is 25.8 Å². The van der Waals surface area contributed by atoms with Gasteiger partial charge in [-0.3, -0.25) is 0 Å². The number of rotatable bonds is 3. The summed E-state index contributed by atoms with van der Waals surface area (Å²) in [7, 11) is 0. The van der Waals surface area contributed by atoms with Crippen LogP contribution < -0.4 is 0 Å². The van der Waals surface area contributed by atoms with Crippen molar-refractivity contribution in [3.8, 4) is 11.3 Å². The monoisotopic (exact) mass is 445 g/mol. The summed E-state index contributed by atoms with van der Waals surface area (Å²) < 4.78 is 45.7. The second kappa shape index (κ2) is 7.50. The van der Waals surface area contributed by atoms with Crippen molar-refractivity contribution < 1.29 is 38.0 Å². The van der Waals surface area contributed by atoms with Gasteiger partial charge >= 0.3 is 5.97 Å². The van der Waals surface area contributed by atoms with Gasteiger partial charge in [-0.25, -0.2) is 18.3 Å². The van der Waals surface area contributed by atoms with E-state index < -0.39 is 58.9 Å². The number of carboxylic acid groups (broad SMARTS) is 1. The van der Waals surface area contributed by atoms with Gasteiger partial charge in [0, 0.05) is 5.56 Å². The number of hydrogen-bond donors (Lipinski definition) is 2. The zero-order valence-electron chi connectivity index (χ0n) is 15.8. The van der Waals surface area contributed by atoms with E-state index in [1.807, 2.05) is 0 Å². The molecule has 5 atom stereocenters. The molecule has 0 aliphatic carbocycles. The summed E-state index contributed by atoms with van der Waals surface area (Å²) in [6.45, 7) is 3.38. The summed E-state index contributed by atoms with van der Waals surface area (Å²) in [6.07, 6.45) is -3.35. The Morgan fingerprint density at radius 2 is 2.00 bits per heavy atom. The molecule has 162 valence electrons. The largest absolute Gasteiger partial charge is 0.479 e. The number of ether oxygens (including phenoxy) is 3. The lowest BCUT2D eigenvalue weighted by Gasteiger charge is -2.49. The van der Waals surface area contributed by atoms with Gasteiger partial charge in [0.05, 0.1) is 12.8 Å². The standard InChI is InChI=1S/C18H18ClF2N3O6/c1-18(2)28-6-11-15(30-18)13(14(25)16(29-11)17(26)27)24-5-10(22-23-24)7-3-8(20)12(19)9(21)4-7/h3-5,11,13-16,25H,6H2,1-2H3,(H,26,27)/t11-,13-,14-,15+,16-/m1/s1. The van der Waals surface area contributed by atoms with Crippen LogP contribution in [0.2, 0.25) is 5.02 Å². The predicted octanol–water partition coefficient (Wildman–Crippen LogP) is 1.78. The number of benzene rings is 1. The maximum absolute atomic E-state index is 13.8. The van der Waals surface area contributed by atoms with Crippen molar-refractivity contribution in [1.82, 2.24) is 15.0 Å². The van der Waals surface area contributed by atoms with Gasteiger partial charge in [-0.1, -0.05) is 16.8 Å². The van der Waals surface area contributed by atoms with Gasteiger partial charge in [-0.15, -0.1) is 5.10 Å². The molecule has 9 nitrogen and oxygen atoms in total. The maximum atomic E-state index is 13.8. The first-order valence-electron chi connectivity index (χ1n) is 9.02. The van der Waals surface area contributed by atoms with E-state index in [9.17, 15) is 23.8 Å². The van der Waals surface area contributed by atoms with Crippen molar-refractivity contribution in [2.24, 2.45) is 0 Å². The van der Waals surface area contributed by atoms with Crippen molar-refractivity contribution >= 4 is 17.6 Å². The molecular weight excluding hydrogens is 428 g/mol. The first-order valence-corrected chi connectivity index (χ1v) is 9.40. The second-order valence-electron chi connectivity index (χ2n) is 7.55. The molecule has 0 amide bonds. The Kier molecular flexibility index (Phi) is 5.27. The quantitative estimate of drug-likeness (QED) is 0.687. The van der Waals surface area contributed by atoms with Crippen molar-refractivity contribution in [2.75, 3.05) is 6.61 Å². The highest BCUT2D eigenvalue weighted by molar-refractivity contribution is 6.30. The molecule has 2 aliphatic rings. The number of carboxylic acids is 1. The van der Waals surface area contributed by atoms with Crippen LogP contribution in [-0.2, 0) is 19.0 Å². The van der Waals surface area contributed by atoms with Crippen molar-refractivity contribution in [3.05, 3.63) is 35.0 Å². The minimum absolute atomic E-state index is 0.0415. The van der Waals surface area contributed by atoms with Crippen LogP contribution in [0, 0.1) is 11.6 Å². The Morgan fingerprint density at radius 1 is 1.33 bits per heavy atom. The first kappa shape index (κ1) is 21.1. The van der Waals surface area contributed by atoms with E-state index in [0.29, 0.717) is 0 Å². The molecule has 2 N–H and O–H groups in total. The molecular formula is C18H18ClF2N3O6. The topological polar surface area (TPSA) is 116 Å². The number of aliphatic hydroxyl groups excluding tert-OH is 1. The predicted molar refractivity (Wildman–Crippen MR) is 96.6 cm³/mol. The van der Waals surface area contributed by atoms with Gasteiger partial charge in [0.1, 0.15) is 46.7 Å².